The predicted molar refractivity (Wildman–Crippen MR) is 126 cm³/mol. The predicted octanol–water partition coefficient (Wildman–Crippen LogP) is 4.21. The van der Waals surface area contributed by atoms with E-state index in [4.69, 9.17) is 14.2 Å². The highest BCUT2D eigenvalue weighted by molar-refractivity contribution is 7.13. The number of hydrogen-bond donors (Lipinski definition) is 2. The average Bonchev–Trinajstić information content (AvgIpc) is 3.21. The number of aromatic nitrogens is 1. The Morgan fingerprint density at radius 2 is 1.70 bits per heavy atom. The van der Waals surface area contributed by atoms with Gasteiger partial charge in [0, 0.05) is 5.56 Å². The van der Waals surface area contributed by atoms with Crippen LogP contribution >= 0.6 is 11.3 Å². The molecule has 2 amide bonds. The first-order valence-corrected chi connectivity index (χ1v) is 11.3. The molecule has 0 saturated heterocycles. The highest BCUT2D eigenvalue weighted by Gasteiger charge is 2.17. The molecule has 0 aliphatic rings. The zero-order valence-electron chi connectivity index (χ0n) is 19.1. The van der Waals surface area contributed by atoms with E-state index in [-0.39, 0.29) is 6.61 Å². The van der Waals surface area contributed by atoms with Crippen molar-refractivity contribution in [3.63, 3.8) is 0 Å². The fourth-order valence-electron chi connectivity index (χ4n) is 2.89. The number of benzene rings is 2. The Balaban J connectivity index is 1.58. The highest BCUT2D eigenvalue weighted by Crippen LogP contribution is 2.28. The standard InChI is InChI=1S/C24H27N3O5S/c1-5-12-31-19-11-8-17(13-20(19)30-4)23(28)26-27-24(29)22-16(3)25-21(33-22)14-32-18-9-6-15(2)7-10-18/h6-11,13H,5,12,14H2,1-4H3,(H,26,28)(H,27,29). The Kier molecular flexibility index (Phi) is 8.26. The summed E-state index contributed by atoms with van der Waals surface area (Å²) in [6.45, 7) is 6.54. The molecule has 9 heteroatoms. The van der Waals surface area contributed by atoms with Crippen LogP contribution in [-0.2, 0) is 6.61 Å². The molecule has 2 aromatic carbocycles. The molecule has 1 heterocycles. The number of carbonyl (C=O) groups is 2. The van der Waals surface area contributed by atoms with Crippen LogP contribution in [0.15, 0.2) is 42.5 Å². The van der Waals surface area contributed by atoms with Crippen molar-refractivity contribution in [1.29, 1.82) is 0 Å². The summed E-state index contributed by atoms with van der Waals surface area (Å²) >= 11 is 1.22. The summed E-state index contributed by atoms with van der Waals surface area (Å²) in [5, 5.41) is 0.664. The van der Waals surface area contributed by atoms with E-state index in [0.29, 0.717) is 39.2 Å². The number of hydrogen-bond acceptors (Lipinski definition) is 7. The lowest BCUT2D eigenvalue weighted by atomic mass is 10.2. The van der Waals surface area contributed by atoms with Crippen molar-refractivity contribution in [3.8, 4) is 17.2 Å². The molecule has 33 heavy (non-hydrogen) atoms. The second kappa shape index (κ2) is 11.3. The number of aryl methyl sites for hydroxylation is 2. The van der Waals surface area contributed by atoms with E-state index in [0.717, 1.165) is 17.7 Å². The summed E-state index contributed by atoms with van der Waals surface area (Å²) in [5.41, 5.74) is 6.89. The fraction of sp³-hybridized carbons (Fsp3) is 0.292. The second-order valence-corrected chi connectivity index (χ2v) is 8.33. The lowest BCUT2D eigenvalue weighted by molar-refractivity contribution is 0.0848. The lowest BCUT2D eigenvalue weighted by Crippen LogP contribution is -2.41. The number of methoxy groups -OCH3 is 1. The van der Waals surface area contributed by atoms with Gasteiger partial charge in [0.15, 0.2) is 11.5 Å². The van der Waals surface area contributed by atoms with E-state index >= 15 is 0 Å². The average molecular weight is 470 g/mol. The summed E-state index contributed by atoms with van der Waals surface area (Å²) in [4.78, 5) is 29.9. The minimum atomic E-state index is -0.478. The van der Waals surface area contributed by atoms with Crippen LogP contribution < -0.4 is 25.1 Å². The van der Waals surface area contributed by atoms with Gasteiger partial charge in [0.1, 0.15) is 22.2 Å². The molecule has 2 N–H and O–H groups in total. The monoisotopic (exact) mass is 469 g/mol. The fourth-order valence-corrected chi connectivity index (χ4v) is 3.76. The third-order valence-electron chi connectivity index (χ3n) is 4.61. The Bertz CT molecular complexity index is 1110. The van der Waals surface area contributed by atoms with Gasteiger partial charge in [-0.2, -0.15) is 0 Å². The molecule has 8 nitrogen and oxygen atoms in total. The maximum absolute atomic E-state index is 12.6. The number of carbonyl (C=O) groups excluding carboxylic acids is 2. The molecule has 3 aromatic rings. The van der Waals surface area contributed by atoms with Gasteiger partial charge in [-0.05, 0) is 50.6 Å². The van der Waals surface area contributed by atoms with Gasteiger partial charge in [0.05, 0.1) is 19.4 Å². The molecule has 0 atom stereocenters. The number of nitrogens with zero attached hydrogens (tertiary/aromatic N) is 1. The maximum Gasteiger partial charge on any atom is 0.281 e. The zero-order chi connectivity index (χ0) is 23.8. The van der Waals surface area contributed by atoms with Crippen molar-refractivity contribution in [2.75, 3.05) is 13.7 Å². The largest absolute Gasteiger partial charge is 0.493 e. The van der Waals surface area contributed by atoms with E-state index in [1.807, 2.05) is 38.1 Å². The van der Waals surface area contributed by atoms with Crippen LogP contribution in [0.25, 0.3) is 0 Å². The molecule has 0 fully saturated rings. The summed E-state index contributed by atoms with van der Waals surface area (Å²) in [5.74, 6) is 0.802. The molecule has 0 saturated carbocycles. The van der Waals surface area contributed by atoms with E-state index in [2.05, 4.69) is 15.8 Å². The Hall–Kier alpha value is -3.59. The number of thiazole rings is 1. The summed E-state index contributed by atoms with van der Waals surface area (Å²) in [6, 6.07) is 12.5. The van der Waals surface area contributed by atoms with Crippen LogP contribution in [0.5, 0.6) is 17.2 Å². The molecule has 0 aliphatic heterocycles. The van der Waals surface area contributed by atoms with Gasteiger partial charge in [-0.1, -0.05) is 24.6 Å². The van der Waals surface area contributed by atoms with Crippen molar-refractivity contribution < 1.29 is 23.8 Å². The number of rotatable bonds is 9. The molecule has 0 unspecified atom stereocenters. The van der Waals surface area contributed by atoms with Crippen molar-refractivity contribution in [1.82, 2.24) is 15.8 Å². The van der Waals surface area contributed by atoms with Crippen LogP contribution in [0.1, 0.15) is 49.6 Å². The molecule has 0 aliphatic carbocycles. The molecule has 3 rings (SSSR count). The van der Waals surface area contributed by atoms with Crippen LogP contribution in [0.4, 0.5) is 0 Å². The number of ether oxygens (including phenoxy) is 3. The Labute approximate surface area is 196 Å². The van der Waals surface area contributed by atoms with Gasteiger partial charge in [-0.15, -0.1) is 11.3 Å². The first-order chi connectivity index (χ1) is 15.9. The highest BCUT2D eigenvalue weighted by atomic mass is 32.1. The normalized spacial score (nSPS) is 10.4. The van der Waals surface area contributed by atoms with Gasteiger partial charge < -0.3 is 14.2 Å². The van der Waals surface area contributed by atoms with Crippen LogP contribution in [0.3, 0.4) is 0 Å². The van der Waals surface area contributed by atoms with Crippen molar-refractivity contribution in [2.24, 2.45) is 0 Å². The number of hydrazine groups is 1. The maximum atomic E-state index is 12.6. The third-order valence-corrected chi connectivity index (χ3v) is 5.74. The molecular formula is C24H27N3O5S. The Morgan fingerprint density at radius 3 is 2.39 bits per heavy atom. The van der Waals surface area contributed by atoms with Crippen LogP contribution in [-0.4, -0.2) is 30.5 Å². The third kappa shape index (κ3) is 6.45. The Morgan fingerprint density at radius 1 is 0.970 bits per heavy atom. The SMILES string of the molecule is CCCOc1ccc(C(=O)NNC(=O)c2sc(COc3ccc(C)cc3)nc2C)cc1OC. The van der Waals surface area contributed by atoms with E-state index in [1.165, 1.54) is 18.4 Å². The molecule has 0 spiro atoms. The molecule has 1 aromatic heterocycles. The number of amides is 2. The lowest BCUT2D eigenvalue weighted by Gasteiger charge is -2.12. The minimum absolute atomic E-state index is 0.250. The van der Waals surface area contributed by atoms with Gasteiger partial charge in [-0.25, -0.2) is 4.98 Å². The smallest absolute Gasteiger partial charge is 0.281 e. The molecule has 174 valence electrons. The molecule has 0 bridgehead atoms. The van der Waals surface area contributed by atoms with Crippen LogP contribution in [0.2, 0.25) is 0 Å². The minimum Gasteiger partial charge on any atom is -0.493 e. The first-order valence-electron chi connectivity index (χ1n) is 10.5. The van der Waals surface area contributed by atoms with E-state index in [9.17, 15) is 9.59 Å². The van der Waals surface area contributed by atoms with Crippen LogP contribution in [0, 0.1) is 13.8 Å². The van der Waals surface area contributed by atoms with Gasteiger partial charge in [0.2, 0.25) is 0 Å². The van der Waals surface area contributed by atoms with E-state index in [1.54, 1.807) is 25.1 Å². The molecule has 0 radical (unpaired) electrons. The number of nitrogens with one attached hydrogen (secondary N) is 2. The quantitative estimate of drug-likeness (QED) is 0.456. The molecular weight excluding hydrogens is 442 g/mol. The van der Waals surface area contributed by atoms with Gasteiger partial charge in [-0.3, -0.25) is 20.4 Å². The van der Waals surface area contributed by atoms with E-state index < -0.39 is 11.8 Å². The summed E-state index contributed by atoms with van der Waals surface area (Å²) in [6.07, 6.45) is 0.855. The van der Waals surface area contributed by atoms with Gasteiger partial charge >= 0.3 is 0 Å². The topological polar surface area (TPSA) is 98.8 Å². The summed E-state index contributed by atoms with van der Waals surface area (Å²) in [7, 11) is 1.50. The van der Waals surface area contributed by atoms with Crippen molar-refractivity contribution >= 4 is 23.2 Å². The van der Waals surface area contributed by atoms with Crippen molar-refractivity contribution in [3.05, 3.63) is 69.2 Å². The summed E-state index contributed by atoms with van der Waals surface area (Å²) < 4.78 is 16.6. The van der Waals surface area contributed by atoms with Gasteiger partial charge in [0.25, 0.3) is 11.8 Å². The zero-order valence-corrected chi connectivity index (χ0v) is 19.9. The second-order valence-electron chi connectivity index (χ2n) is 7.25. The first kappa shape index (κ1) is 24.1. The van der Waals surface area contributed by atoms with Crippen molar-refractivity contribution in [2.45, 2.75) is 33.8 Å².